The van der Waals surface area contributed by atoms with Crippen LogP contribution in [-0.2, 0) is 0 Å². The van der Waals surface area contributed by atoms with Gasteiger partial charge in [-0.05, 0) is 90.2 Å². The van der Waals surface area contributed by atoms with Crippen molar-refractivity contribution < 1.29 is 0 Å². The van der Waals surface area contributed by atoms with E-state index in [2.05, 4.69) is 168 Å². The van der Waals surface area contributed by atoms with Crippen molar-refractivity contribution in [3.05, 3.63) is 157 Å². The Labute approximate surface area is 295 Å². The number of pyridine rings is 1. The van der Waals surface area contributed by atoms with Gasteiger partial charge in [0.15, 0.2) is 0 Å². The molecule has 0 aliphatic heterocycles. The smallest absolute Gasteiger partial charge is 0.147 e. The minimum atomic E-state index is 0.418. The van der Waals surface area contributed by atoms with Crippen LogP contribution in [-0.4, -0.2) is 24.1 Å². The summed E-state index contributed by atoms with van der Waals surface area (Å²) < 4.78 is 4.63. The average Bonchev–Trinajstić information content (AvgIpc) is 3.84. The molecule has 0 amide bonds. The Morgan fingerprint density at radius 2 is 1.35 bits per heavy atom. The second-order valence-electron chi connectivity index (χ2n) is 13.8. The van der Waals surface area contributed by atoms with Gasteiger partial charge >= 0.3 is 0 Å². The predicted molar refractivity (Wildman–Crippen MR) is 212 cm³/mol. The number of hydrogen-bond donors (Lipinski definition) is 1. The van der Waals surface area contributed by atoms with E-state index in [0.29, 0.717) is 5.92 Å². The zero-order valence-electron chi connectivity index (χ0n) is 28.7. The SMILES string of the molecule is Cc1cc2c3ccc(-c4cccc5c4nc(-c4cccc6c4[nH]c4ccccc46)n5-c4ccccc4)cc3n(-c3ccccn3)c2cc1C(C)C. The number of para-hydroxylation sites is 4. The normalized spacial score (nSPS) is 12.0. The van der Waals surface area contributed by atoms with Gasteiger partial charge in [0, 0.05) is 50.1 Å². The third kappa shape index (κ3) is 4.48. The molecule has 1 N–H and O–H groups in total. The number of rotatable bonds is 5. The number of fused-ring (bicyclic) bond motifs is 7. The summed E-state index contributed by atoms with van der Waals surface area (Å²) in [6.07, 6.45) is 1.88. The minimum Gasteiger partial charge on any atom is -0.354 e. The van der Waals surface area contributed by atoms with Crippen LogP contribution in [0.15, 0.2) is 146 Å². The van der Waals surface area contributed by atoms with Gasteiger partial charge in [0.25, 0.3) is 0 Å². The average molecular weight is 658 g/mol. The summed E-state index contributed by atoms with van der Waals surface area (Å²) in [7, 11) is 0. The first kappa shape index (κ1) is 29.5. The molecule has 0 spiro atoms. The van der Waals surface area contributed by atoms with E-state index < -0.39 is 0 Å². The number of aromatic nitrogens is 5. The zero-order valence-corrected chi connectivity index (χ0v) is 28.7. The number of aryl methyl sites for hydroxylation is 1. The fourth-order valence-electron chi connectivity index (χ4n) is 8.12. The number of nitrogens with zero attached hydrogens (tertiary/aromatic N) is 4. The van der Waals surface area contributed by atoms with Gasteiger partial charge in [0.2, 0.25) is 0 Å². The molecule has 10 rings (SSSR count). The minimum absolute atomic E-state index is 0.418. The predicted octanol–water partition coefficient (Wildman–Crippen LogP) is 11.9. The first-order valence-corrected chi connectivity index (χ1v) is 17.6. The topological polar surface area (TPSA) is 51.4 Å². The van der Waals surface area contributed by atoms with E-state index in [4.69, 9.17) is 9.97 Å². The van der Waals surface area contributed by atoms with Gasteiger partial charge in [-0.2, -0.15) is 0 Å². The molecule has 0 aliphatic carbocycles. The quantitative estimate of drug-likeness (QED) is 0.200. The van der Waals surface area contributed by atoms with Crippen LogP contribution in [0.4, 0.5) is 0 Å². The zero-order chi connectivity index (χ0) is 34.2. The van der Waals surface area contributed by atoms with Crippen molar-refractivity contribution in [2.45, 2.75) is 26.7 Å². The highest BCUT2D eigenvalue weighted by atomic mass is 15.1. The Kier molecular flexibility index (Phi) is 6.52. The van der Waals surface area contributed by atoms with Crippen LogP contribution in [0.25, 0.3) is 88.7 Å². The third-order valence-electron chi connectivity index (χ3n) is 10.4. The van der Waals surface area contributed by atoms with Gasteiger partial charge in [-0.25, -0.2) is 9.97 Å². The van der Waals surface area contributed by atoms with Crippen molar-refractivity contribution in [1.29, 1.82) is 0 Å². The van der Waals surface area contributed by atoms with Gasteiger partial charge < -0.3 is 4.98 Å². The molecule has 0 bridgehead atoms. The summed E-state index contributed by atoms with van der Waals surface area (Å²) in [5, 5.41) is 4.86. The van der Waals surface area contributed by atoms with Crippen LogP contribution in [0.1, 0.15) is 30.9 Å². The van der Waals surface area contributed by atoms with Gasteiger partial charge in [0.1, 0.15) is 11.6 Å². The maximum Gasteiger partial charge on any atom is 0.147 e. The van der Waals surface area contributed by atoms with Crippen LogP contribution >= 0.6 is 0 Å². The Bertz CT molecular complexity index is 2940. The molecule has 0 fully saturated rings. The molecule has 0 saturated carbocycles. The highest BCUT2D eigenvalue weighted by molar-refractivity contribution is 6.13. The first-order valence-electron chi connectivity index (χ1n) is 17.6. The number of nitrogens with one attached hydrogen (secondary N) is 1. The molecule has 5 nitrogen and oxygen atoms in total. The highest BCUT2D eigenvalue weighted by Gasteiger charge is 2.22. The number of hydrogen-bond acceptors (Lipinski definition) is 2. The number of benzene rings is 6. The van der Waals surface area contributed by atoms with Crippen LogP contribution in [0.2, 0.25) is 0 Å². The number of imidazole rings is 1. The lowest BCUT2D eigenvalue weighted by atomic mass is 9.95. The van der Waals surface area contributed by atoms with E-state index in [-0.39, 0.29) is 0 Å². The summed E-state index contributed by atoms with van der Waals surface area (Å²) in [5.74, 6) is 2.23. The summed E-state index contributed by atoms with van der Waals surface area (Å²) >= 11 is 0. The van der Waals surface area contributed by atoms with E-state index in [1.54, 1.807) is 0 Å². The molecule has 6 aromatic carbocycles. The van der Waals surface area contributed by atoms with Crippen LogP contribution in [0.5, 0.6) is 0 Å². The summed E-state index contributed by atoms with van der Waals surface area (Å²) in [4.78, 5) is 14.1. The van der Waals surface area contributed by atoms with Gasteiger partial charge in [-0.15, -0.1) is 0 Å². The molecular weight excluding hydrogens is 623 g/mol. The molecule has 4 aromatic heterocycles. The lowest BCUT2D eigenvalue weighted by Crippen LogP contribution is -1.98. The summed E-state index contributed by atoms with van der Waals surface area (Å²) in [6, 6.07) is 49.8. The lowest BCUT2D eigenvalue weighted by Gasteiger charge is -2.12. The molecular formula is C46H35N5. The Morgan fingerprint density at radius 3 is 2.20 bits per heavy atom. The van der Waals surface area contributed by atoms with E-state index >= 15 is 0 Å². The first-order chi connectivity index (χ1) is 25.0. The Balaban J connectivity index is 1.26. The molecule has 51 heavy (non-hydrogen) atoms. The van der Waals surface area contributed by atoms with E-state index in [1.165, 1.54) is 38.2 Å². The van der Waals surface area contributed by atoms with Crippen molar-refractivity contribution in [3.63, 3.8) is 0 Å². The largest absolute Gasteiger partial charge is 0.354 e. The van der Waals surface area contributed by atoms with Crippen molar-refractivity contribution in [3.8, 4) is 34.0 Å². The van der Waals surface area contributed by atoms with E-state index in [0.717, 1.165) is 61.6 Å². The third-order valence-corrected chi connectivity index (χ3v) is 10.4. The molecule has 0 unspecified atom stereocenters. The molecule has 0 saturated heterocycles. The monoisotopic (exact) mass is 657 g/mol. The van der Waals surface area contributed by atoms with Crippen LogP contribution in [0, 0.1) is 6.92 Å². The van der Waals surface area contributed by atoms with Crippen molar-refractivity contribution in [1.82, 2.24) is 24.1 Å². The molecule has 0 radical (unpaired) electrons. The van der Waals surface area contributed by atoms with Gasteiger partial charge in [0.05, 0.1) is 27.6 Å². The van der Waals surface area contributed by atoms with Gasteiger partial charge in [-0.1, -0.05) is 92.7 Å². The summed E-state index contributed by atoms with van der Waals surface area (Å²) in [6.45, 7) is 6.76. The lowest BCUT2D eigenvalue weighted by molar-refractivity contribution is 0.857. The molecule has 0 aliphatic rings. The standard InChI is InChI=1S/C46H35N5/c1-28(2)37-27-42-38(25-29(37)3)34-23-22-30(26-41(34)51(42)43-21-9-10-24-47-43)32-16-12-20-40-45(32)49-46(50(40)31-13-5-4-6-14-31)36-18-11-17-35-33-15-7-8-19-39(33)48-44(35)36/h4-28,48H,1-3H3. The fourth-order valence-corrected chi connectivity index (χ4v) is 8.12. The van der Waals surface area contributed by atoms with E-state index in [9.17, 15) is 0 Å². The van der Waals surface area contributed by atoms with Crippen molar-refractivity contribution >= 4 is 54.6 Å². The van der Waals surface area contributed by atoms with Crippen LogP contribution in [0.3, 0.4) is 0 Å². The molecule has 0 atom stereocenters. The Morgan fingerprint density at radius 1 is 0.588 bits per heavy atom. The van der Waals surface area contributed by atoms with Crippen LogP contribution < -0.4 is 0 Å². The molecule has 10 aromatic rings. The van der Waals surface area contributed by atoms with E-state index in [1.807, 2.05) is 12.3 Å². The second kappa shape index (κ2) is 11.3. The molecule has 5 heteroatoms. The maximum absolute atomic E-state index is 5.53. The fraction of sp³-hybridized carbons (Fsp3) is 0.0870. The van der Waals surface area contributed by atoms with Crippen molar-refractivity contribution in [2.24, 2.45) is 0 Å². The number of H-pyrrole nitrogens is 1. The highest BCUT2D eigenvalue weighted by Crippen LogP contribution is 2.41. The second-order valence-corrected chi connectivity index (χ2v) is 13.8. The summed E-state index contributed by atoms with van der Waals surface area (Å²) in [5.41, 5.74) is 13.5. The van der Waals surface area contributed by atoms with Gasteiger partial charge in [-0.3, -0.25) is 9.13 Å². The Hall–Kier alpha value is -6.46. The molecule has 4 heterocycles. The maximum atomic E-state index is 5.53. The number of aromatic amines is 1. The molecule has 244 valence electrons. The van der Waals surface area contributed by atoms with Crippen molar-refractivity contribution in [2.75, 3.05) is 0 Å².